The van der Waals surface area contributed by atoms with E-state index in [1.165, 1.54) is 16.3 Å². The molecule has 10 heavy (non-hydrogen) atoms. The van der Waals surface area contributed by atoms with Gasteiger partial charge in [-0.15, -0.1) is 0 Å². The summed E-state index contributed by atoms with van der Waals surface area (Å²) in [5.74, 6) is 0. The first-order chi connectivity index (χ1) is 4.75. The lowest BCUT2D eigenvalue weighted by molar-refractivity contribution is 1.37. The van der Waals surface area contributed by atoms with Crippen molar-refractivity contribution in [2.24, 2.45) is 0 Å². The number of hydrogen-bond donors (Lipinski definition) is 0. The van der Waals surface area contributed by atoms with E-state index >= 15 is 0 Å². The number of benzene rings is 1. The topological polar surface area (TPSA) is 0 Å². The zero-order chi connectivity index (χ0) is 7.56. The van der Waals surface area contributed by atoms with Crippen molar-refractivity contribution in [2.75, 3.05) is 0 Å². The van der Waals surface area contributed by atoms with E-state index in [1.807, 2.05) is 0 Å². The van der Waals surface area contributed by atoms with Gasteiger partial charge in [-0.3, -0.25) is 0 Å². The molecule has 1 aromatic rings. The van der Waals surface area contributed by atoms with Crippen LogP contribution in [0.1, 0.15) is 11.1 Å². The van der Waals surface area contributed by atoms with Crippen LogP contribution in [-0.2, 0) is 0 Å². The van der Waals surface area contributed by atoms with Crippen LogP contribution >= 0.6 is 11.1 Å². The molecule has 0 unspecified atom stereocenters. The molecule has 1 aromatic carbocycles. The summed E-state index contributed by atoms with van der Waals surface area (Å²) in [6.07, 6.45) is 0. The van der Waals surface area contributed by atoms with Crippen molar-refractivity contribution in [2.45, 2.75) is 13.8 Å². The quantitative estimate of drug-likeness (QED) is 0.440. The van der Waals surface area contributed by atoms with E-state index in [4.69, 9.17) is 11.1 Å². The normalized spacial score (nSPS) is 11.1. The Morgan fingerprint density at radius 1 is 1.30 bits per heavy atom. The summed E-state index contributed by atoms with van der Waals surface area (Å²) in [6, 6.07) is 6.33. The van der Waals surface area contributed by atoms with E-state index in [2.05, 4.69) is 32.0 Å². The molecule has 0 amide bonds. The summed E-state index contributed by atoms with van der Waals surface area (Å²) in [5.41, 5.74) is 2.73. The second-order valence-electron chi connectivity index (χ2n) is 2.49. The van der Waals surface area contributed by atoms with Crippen molar-refractivity contribution >= 4 is 25.1 Å². The lowest BCUT2D eigenvalue weighted by atomic mass is 10.1. The summed E-state index contributed by atoms with van der Waals surface area (Å²) in [4.78, 5) is 0. The van der Waals surface area contributed by atoms with Crippen molar-refractivity contribution in [1.82, 2.24) is 0 Å². The molecule has 1 rings (SSSR count). The molecule has 0 heterocycles. The van der Waals surface area contributed by atoms with Crippen LogP contribution < -0.4 is 5.19 Å². The maximum atomic E-state index is 5.84. The largest absolute Gasteiger partial charge is 0.170 e. The summed E-state index contributed by atoms with van der Waals surface area (Å²) >= 11 is 5.84. The van der Waals surface area contributed by atoms with Crippen LogP contribution in [0.5, 0.6) is 0 Å². The third-order valence-electron chi connectivity index (χ3n) is 1.86. The third kappa shape index (κ3) is 1.41. The highest BCUT2D eigenvalue weighted by molar-refractivity contribution is 7.01. The molecule has 0 aliphatic heterocycles. The van der Waals surface area contributed by atoms with Crippen molar-refractivity contribution in [1.29, 1.82) is 0 Å². The monoisotopic (exact) mass is 170 g/mol. The fraction of sp³-hybridized carbons (Fsp3) is 0.250. The molecule has 0 atom stereocenters. The molecule has 0 saturated heterocycles. The van der Waals surface area contributed by atoms with Gasteiger partial charge in [-0.1, -0.05) is 18.2 Å². The van der Waals surface area contributed by atoms with Gasteiger partial charge in [0.05, 0.1) is 0 Å². The highest BCUT2D eigenvalue weighted by atomic mass is 35.6. The first-order valence-electron chi connectivity index (χ1n) is 3.36. The molecule has 2 heteroatoms. The highest BCUT2D eigenvalue weighted by Crippen LogP contribution is 2.01. The molecular weight excluding hydrogens is 160 g/mol. The molecule has 54 valence electrons. The zero-order valence-corrected chi connectivity index (χ0v) is 8.49. The standard InChI is InChI=1S/C8H11ClSi/c1-6-4-3-5-8(10-9)7(6)2/h3-5H,10H2,1-2H3. The molecule has 0 aliphatic rings. The second-order valence-corrected chi connectivity index (χ2v) is 4.32. The van der Waals surface area contributed by atoms with Gasteiger partial charge >= 0.3 is 0 Å². The number of halogens is 1. The van der Waals surface area contributed by atoms with E-state index in [9.17, 15) is 0 Å². The Morgan fingerprint density at radius 3 is 2.50 bits per heavy atom. The predicted octanol–water partition coefficient (Wildman–Crippen LogP) is 1.25. The van der Waals surface area contributed by atoms with Crippen molar-refractivity contribution in [3.8, 4) is 0 Å². The van der Waals surface area contributed by atoms with Gasteiger partial charge in [0, 0.05) is 0 Å². The number of rotatable bonds is 1. The van der Waals surface area contributed by atoms with E-state index in [1.54, 1.807) is 0 Å². The minimum absolute atomic E-state index is 0.487. The van der Waals surface area contributed by atoms with Gasteiger partial charge < -0.3 is 0 Å². The average molecular weight is 171 g/mol. The molecule has 0 N–H and O–H groups in total. The minimum atomic E-state index is -0.487. The molecule has 0 saturated carbocycles. The first kappa shape index (κ1) is 7.83. The number of hydrogen-bond acceptors (Lipinski definition) is 0. The molecular formula is C8H11ClSi. The van der Waals surface area contributed by atoms with Gasteiger partial charge in [-0.2, -0.15) is 11.1 Å². The van der Waals surface area contributed by atoms with Crippen molar-refractivity contribution in [3.63, 3.8) is 0 Å². The van der Waals surface area contributed by atoms with E-state index in [0.29, 0.717) is 0 Å². The van der Waals surface area contributed by atoms with Crippen molar-refractivity contribution in [3.05, 3.63) is 29.3 Å². The highest BCUT2D eigenvalue weighted by Gasteiger charge is 1.97. The van der Waals surface area contributed by atoms with Gasteiger partial charge in [-0.05, 0) is 30.2 Å². The van der Waals surface area contributed by atoms with E-state index in [-0.39, 0.29) is 0 Å². The van der Waals surface area contributed by atoms with E-state index in [0.717, 1.165) is 0 Å². The van der Waals surface area contributed by atoms with Crippen LogP contribution in [0.2, 0.25) is 0 Å². The summed E-state index contributed by atoms with van der Waals surface area (Å²) in [7, 11) is -0.487. The Bertz CT molecular complexity index is 233. The summed E-state index contributed by atoms with van der Waals surface area (Å²) < 4.78 is 0. The fourth-order valence-corrected chi connectivity index (χ4v) is 2.53. The predicted molar refractivity (Wildman–Crippen MR) is 49.9 cm³/mol. The maximum absolute atomic E-state index is 5.84. The van der Waals surface area contributed by atoms with Gasteiger partial charge in [0.2, 0.25) is 0 Å². The van der Waals surface area contributed by atoms with Crippen LogP contribution in [0.25, 0.3) is 0 Å². The second kappa shape index (κ2) is 3.22. The molecule has 0 radical (unpaired) electrons. The van der Waals surface area contributed by atoms with Crippen LogP contribution in [0, 0.1) is 13.8 Å². The van der Waals surface area contributed by atoms with Crippen LogP contribution in [0.4, 0.5) is 0 Å². The molecule has 0 aromatic heterocycles. The smallest absolute Gasteiger partial charge is 0.156 e. The SMILES string of the molecule is Cc1cccc([SiH2]Cl)c1C. The first-order valence-corrected chi connectivity index (χ1v) is 6.21. The van der Waals surface area contributed by atoms with Crippen LogP contribution in [0.3, 0.4) is 0 Å². The van der Waals surface area contributed by atoms with Gasteiger partial charge in [0.25, 0.3) is 0 Å². The lowest BCUT2D eigenvalue weighted by Gasteiger charge is -2.03. The van der Waals surface area contributed by atoms with Gasteiger partial charge in [0.1, 0.15) is 0 Å². The van der Waals surface area contributed by atoms with Crippen LogP contribution in [-0.4, -0.2) is 8.83 Å². The fourth-order valence-electron chi connectivity index (χ4n) is 0.957. The Hall–Kier alpha value is -0.273. The average Bonchev–Trinajstić information content (AvgIpc) is 1.95. The molecule has 0 spiro atoms. The van der Waals surface area contributed by atoms with E-state index < -0.39 is 8.83 Å². The zero-order valence-electron chi connectivity index (χ0n) is 6.32. The molecule has 0 fully saturated rings. The third-order valence-corrected chi connectivity index (χ3v) is 3.78. The lowest BCUT2D eigenvalue weighted by Crippen LogP contribution is -2.13. The molecule has 0 nitrogen and oxygen atoms in total. The minimum Gasteiger partial charge on any atom is -0.170 e. The summed E-state index contributed by atoms with van der Waals surface area (Å²) in [5, 5.41) is 1.38. The Kier molecular flexibility index (Phi) is 2.52. The Balaban J connectivity index is 3.14. The Morgan fingerprint density at radius 2 is 2.00 bits per heavy atom. The maximum Gasteiger partial charge on any atom is 0.156 e. The van der Waals surface area contributed by atoms with Crippen LogP contribution in [0.15, 0.2) is 18.2 Å². The Labute approximate surface area is 68.7 Å². The number of aryl methyl sites for hydroxylation is 1. The van der Waals surface area contributed by atoms with Crippen molar-refractivity contribution < 1.29 is 0 Å². The van der Waals surface area contributed by atoms with Gasteiger partial charge in [-0.25, -0.2) is 0 Å². The molecule has 0 aliphatic carbocycles. The van der Waals surface area contributed by atoms with Gasteiger partial charge in [0.15, 0.2) is 8.83 Å². The summed E-state index contributed by atoms with van der Waals surface area (Å²) in [6.45, 7) is 4.26. The molecule has 0 bridgehead atoms.